The van der Waals surface area contributed by atoms with Crippen molar-refractivity contribution in [1.29, 1.82) is 0 Å². The molecule has 0 aromatic heterocycles. The third kappa shape index (κ3) is 49.9. The molecule has 0 aromatic rings. The van der Waals surface area contributed by atoms with E-state index in [0.29, 0.717) is 25.9 Å². The van der Waals surface area contributed by atoms with Crippen molar-refractivity contribution in [2.45, 2.75) is 328 Å². The Labute approximate surface area is 393 Å². The van der Waals surface area contributed by atoms with Crippen molar-refractivity contribution >= 4 is 11.9 Å². The number of nitrogens with one attached hydrogen (secondary N) is 1. The number of esters is 1. The van der Waals surface area contributed by atoms with Gasteiger partial charge in [-0.15, -0.1) is 0 Å². The molecule has 0 spiro atoms. The van der Waals surface area contributed by atoms with Crippen molar-refractivity contribution in [3.63, 3.8) is 0 Å². The number of amides is 1. The quantitative estimate of drug-likeness (QED) is 0.0321. The molecule has 0 fully saturated rings. The number of allylic oxidation sites excluding steroid dienone is 2. The molecule has 63 heavy (non-hydrogen) atoms. The van der Waals surface area contributed by atoms with Crippen molar-refractivity contribution in [3.8, 4) is 0 Å². The monoisotopic (exact) mass is 890 g/mol. The molecule has 0 bridgehead atoms. The number of ether oxygens (including phenoxy) is 1. The van der Waals surface area contributed by atoms with Gasteiger partial charge in [0.2, 0.25) is 5.91 Å². The van der Waals surface area contributed by atoms with Gasteiger partial charge in [-0.05, 0) is 51.4 Å². The zero-order valence-corrected chi connectivity index (χ0v) is 42.6. The molecule has 0 aliphatic carbocycles. The van der Waals surface area contributed by atoms with Crippen molar-refractivity contribution in [2.24, 2.45) is 0 Å². The lowest BCUT2D eigenvalue weighted by Gasteiger charge is -2.22. The number of aliphatic hydroxyl groups is 2. The highest BCUT2D eigenvalue weighted by atomic mass is 16.5. The van der Waals surface area contributed by atoms with Gasteiger partial charge in [0, 0.05) is 12.8 Å². The summed E-state index contributed by atoms with van der Waals surface area (Å²) in [6, 6.07) is -0.541. The van der Waals surface area contributed by atoms with E-state index in [1.807, 2.05) is 0 Å². The second-order valence-electron chi connectivity index (χ2n) is 19.6. The number of hydrogen-bond acceptors (Lipinski definition) is 5. The van der Waals surface area contributed by atoms with Gasteiger partial charge in [0.05, 0.1) is 25.4 Å². The fourth-order valence-electron chi connectivity index (χ4n) is 8.93. The molecular weight excluding hydrogens is 779 g/mol. The maximum atomic E-state index is 12.4. The van der Waals surface area contributed by atoms with Gasteiger partial charge in [-0.1, -0.05) is 264 Å². The summed E-state index contributed by atoms with van der Waals surface area (Å²) in [5.41, 5.74) is 0. The van der Waals surface area contributed by atoms with Gasteiger partial charge in [-0.3, -0.25) is 9.59 Å². The molecule has 1 amide bonds. The second-order valence-corrected chi connectivity index (χ2v) is 19.6. The Balaban J connectivity index is 3.37. The van der Waals surface area contributed by atoms with Gasteiger partial charge in [-0.2, -0.15) is 0 Å². The third-order valence-electron chi connectivity index (χ3n) is 13.3. The lowest BCUT2D eigenvalue weighted by molar-refractivity contribution is -0.143. The zero-order chi connectivity index (χ0) is 45.8. The van der Waals surface area contributed by atoms with Crippen LogP contribution < -0.4 is 5.32 Å². The number of rotatable bonds is 53. The van der Waals surface area contributed by atoms with Crippen LogP contribution in [-0.4, -0.2) is 47.4 Å². The van der Waals surface area contributed by atoms with Gasteiger partial charge in [0.1, 0.15) is 0 Å². The molecule has 6 nitrogen and oxygen atoms in total. The Morgan fingerprint density at radius 1 is 0.429 bits per heavy atom. The maximum absolute atomic E-state index is 12.4. The number of carbonyl (C=O) groups is 2. The van der Waals surface area contributed by atoms with E-state index in [0.717, 1.165) is 38.5 Å². The van der Waals surface area contributed by atoms with E-state index in [9.17, 15) is 19.8 Å². The van der Waals surface area contributed by atoms with E-state index in [4.69, 9.17) is 4.74 Å². The second kappa shape index (κ2) is 53.2. The summed E-state index contributed by atoms with van der Waals surface area (Å²) in [4.78, 5) is 24.4. The van der Waals surface area contributed by atoms with Crippen molar-refractivity contribution in [3.05, 3.63) is 12.2 Å². The van der Waals surface area contributed by atoms with Crippen LogP contribution in [-0.2, 0) is 14.3 Å². The standard InChI is InChI=1S/C57H111NO5/c1-3-5-7-9-11-13-30-35-39-43-47-51-57(62)63-52-48-44-40-36-32-29-27-25-23-21-19-17-15-16-18-20-22-24-26-28-31-34-38-42-46-50-56(61)58-54(53-59)55(60)49-45-41-37-33-14-12-10-8-6-4-2/h16,18,54-55,59-60H,3-15,17,19-53H2,1-2H3,(H,58,61)/b18-16-. The minimum absolute atomic E-state index is 0.0133. The molecule has 6 heteroatoms. The van der Waals surface area contributed by atoms with Crippen LogP contribution in [0.15, 0.2) is 12.2 Å². The molecule has 374 valence electrons. The van der Waals surface area contributed by atoms with Gasteiger partial charge >= 0.3 is 5.97 Å². The van der Waals surface area contributed by atoms with Crippen LogP contribution in [0.3, 0.4) is 0 Å². The van der Waals surface area contributed by atoms with E-state index in [1.165, 1.54) is 244 Å². The summed E-state index contributed by atoms with van der Waals surface area (Å²) in [5.74, 6) is -0.0255. The Morgan fingerprint density at radius 2 is 0.746 bits per heavy atom. The summed E-state index contributed by atoms with van der Waals surface area (Å²) >= 11 is 0. The van der Waals surface area contributed by atoms with Gasteiger partial charge < -0.3 is 20.3 Å². The Bertz CT molecular complexity index is 939. The predicted molar refractivity (Wildman–Crippen MR) is 273 cm³/mol. The summed E-state index contributed by atoms with van der Waals surface area (Å²) in [6.45, 7) is 4.94. The fourth-order valence-corrected chi connectivity index (χ4v) is 8.93. The zero-order valence-electron chi connectivity index (χ0n) is 42.6. The number of carbonyl (C=O) groups excluding carboxylic acids is 2. The van der Waals surface area contributed by atoms with Gasteiger partial charge in [0.15, 0.2) is 0 Å². The smallest absolute Gasteiger partial charge is 0.305 e. The predicted octanol–water partition coefficient (Wildman–Crippen LogP) is 17.3. The van der Waals surface area contributed by atoms with Gasteiger partial charge in [-0.25, -0.2) is 0 Å². The SMILES string of the molecule is CCCCCCCCCCCCCC(=O)OCCCCCCCCCCCCCC/C=C\CCCCCCCCCCCC(=O)NC(CO)C(O)CCCCCCCCCCCC. The largest absolute Gasteiger partial charge is 0.466 e. The van der Waals surface area contributed by atoms with Crippen LogP contribution in [0, 0.1) is 0 Å². The molecule has 0 rings (SSSR count). The van der Waals surface area contributed by atoms with Crippen LogP contribution in [0.5, 0.6) is 0 Å². The molecule has 0 heterocycles. The highest BCUT2D eigenvalue weighted by molar-refractivity contribution is 5.76. The Hall–Kier alpha value is -1.40. The summed E-state index contributed by atoms with van der Waals surface area (Å²) in [5, 5.41) is 23.1. The highest BCUT2D eigenvalue weighted by Gasteiger charge is 2.20. The van der Waals surface area contributed by atoms with Crippen molar-refractivity contribution in [2.75, 3.05) is 13.2 Å². The summed E-state index contributed by atoms with van der Waals surface area (Å²) < 4.78 is 5.46. The first-order valence-corrected chi connectivity index (χ1v) is 28.4. The van der Waals surface area contributed by atoms with Crippen LogP contribution in [0.2, 0.25) is 0 Å². The topological polar surface area (TPSA) is 95.9 Å². The van der Waals surface area contributed by atoms with E-state index < -0.39 is 12.1 Å². The van der Waals surface area contributed by atoms with E-state index in [-0.39, 0.29) is 18.5 Å². The fraction of sp³-hybridized carbons (Fsp3) is 0.930. The van der Waals surface area contributed by atoms with Crippen LogP contribution in [0.25, 0.3) is 0 Å². The molecule has 2 unspecified atom stereocenters. The minimum Gasteiger partial charge on any atom is -0.466 e. The first-order chi connectivity index (χ1) is 31.0. The molecule has 0 aromatic carbocycles. The van der Waals surface area contributed by atoms with Crippen LogP contribution >= 0.6 is 0 Å². The molecule has 0 aliphatic rings. The normalized spacial score (nSPS) is 12.6. The summed E-state index contributed by atoms with van der Waals surface area (Å²) in [7, 11) is 0. The van der Waals surface area contributed by atoms with Gasteiger partial charge in [0.25, 0.3) is 0 Å². The van der Waals surface area contributed by atoms with E-state index in [2.05, 4.69) is 31.3 Å². The first kappa shape index (κ1) is 61.6. The highest BCUT2D eigenvalue weighted by Crippen LogP contribution is 2.17. The number of hydrogen-bond donors (Lipinski definition) is 3. The van der Waals surface area contributed by atoms with E-state index >= 15 is 0 Å². The Kier molecular flexibility index (Phi) is 52.0. The Morgan fingerprint density at radius 3 is 1.13 bits per heavy atom. The lowest BCUT2D eigenvalue weighted by Crippen LogP contribution is -2.45. The molecule has 3 N–H and O–H groups in total. The molecule has 2 atom stereocenters. The van der Waals surface area contributed by atoms with Crippen molar-refractivity contribution < 1.29 is 24.5 Å². The molecular formula is C57H111NO5. The molecule has 0 saturated heterocycles. The summed E-state index contributed by atoms with van der Waals surface area (Å²) in [6.07, 6.45) is 62.1. The average Bonchev–Trinajstić information content (AvgIpc) is 3.28. The first-order valence-electron chi connectivity index (χ1n) is 28.4. The molecule has 0 aliphatic heterocycles. The average molecular weight is 891 g/mol. The number of aliphatic hydroxyl groups excluding tert-OH is 2. The third-order valence-corrected chi connectivity index (χ3v) is 13.3. The van der Waals surface area contributed by atoms with Crippen LogP contribution in [0.4, 0.5) is 0 Å². The maximum Gasteiger partial charge on any atom is 0.305 e. The lowest BCUT2D eigenvalue weighted by atomic mass is 10.0. The number of unbranched alkanes of at least 4 members (excludes halogenated alkanes) is 40. The molecule has 0 saturated carbocycles. The van der Waals surface area contributed by atoms with Crippen molar-refractivity contribution in [1.82, 2.24) is 5.32 Å². The molecule has 0 radical (unpaired) electrons. The minimum atomic E-state index is -0.663. The van der Waals surface area contributed by atoms with Crippen LogP contribution in [0.1, 0.15) is 316 Å². The van der Waals surface area contributed by atoms with E-state index in [1.54, 1.807) is 0 Å².